The number of halogens is 5. The van der Waals surface area contributed by atoms with Crippen LogP contribution in [-0.2, 0) is 10.9 Å². The van der Waals surface area contributed by atoms with Gasteiger partial charge in [-0.1, -0.05) is 0 Å². The average Bonchev–Trinajstić information content (AvgIpc) is 2.36. The monoisotopic (exact) mass is 294 g/mol. The fourth-order valence-electron chi connectivity index (χ4n) is 1.43. The SMILES string of the molecule is CCOC(=O)c1cc(C#N)nc(C(F)(F)F)c1C(F)F. The minimum atomic E-state index is -5.22. The van der Waals surface area contributed by atoms with Crippen molar-refractivity contribution in [1.29, 1.82) is 5.26 Å². The number of aromatic nitrogens is 1. The predicted octanol–water partition coefficient (Wildman–Crippen LogP) is 3.09. The Kier molecular flexibility index (Phi) is 4.60. The highest BCUT2D eigenvalue weighted by molar-refractivity contribution is 5.91. The molecule has 1 heterocycles. The van der Waals surface area contributed by atoms with E-state index in [1.54, 1.807) is 0 Å². The van der Waals surface area contributed by atoms with E-state index >= 15 is 0 Å². The van der Waals surface area contributed by atoms with Gasteiger partial charge in [-0.25, -0.2) is 18.6 Å². The van der Waals surface area contributed by atoms with Gasteiger partial charge in [0.05, 0.1) is 17.7 Å². The molecule has 9 heteroatoms. The highest BCUT2D eigenvalue weighted by Gasteiger charge is 2.41. The van der Waals surface area contributed by atoms with Gasteiger partial charge < -0.3 is 4.74 Å². The van der Waals surface area contributed by atoms with Crippen LogP contribution in [0, 0.1) is 11.3 Å². The summed E-state index contributed by atoms with van der Waals surface area (Å²) in [6.45, 7) is 1.14. The van der Waals surface area contributed by atoms with Gasteiger partial charge in [-0.15, -0.1) is 0 Å². The highest BCUT2D eigenvalue weighted by atomic mass is 19.4. The Morgan fingerprint density at radius 1 is 1.50 bits per heavy atom. The number of carbonyl (C=O) groups is 1. The molecule has 0 aromatic carbocycles. The van der Waals surface area contributed by atoms with Gasteiger partial charge in [-0.3, -0.25) is 0 Å². The third-order valence-corrected chi connectivity index (χ3v) is 2.16. The molecule has 0 radical (unpaired) electrons. The van der Waals surface area contributed by atoms with Crippen LogP contribution in [0.25, 0.3) is 0 Å². The number of hydrogen-bond acceptors (Lipinski definition) is 4. The molecule has 0 aliphatic carbocycles. The standard InChI is InChI=1S/C11H7F5N2O2/c1-2-20-10(19)6-3-5(4-17)18-8(11(14,15)16)7(6)9(12)13/h3,9H,2H2,1H3. The zero-order chi connectivity index (χ0) is 15.5. The number of esters is 1. The number of pyridine rings is 1. The molecule has 0 fully saturated rings. The van der Waals surface area contributed by atoms with Gasteiger partial charge in [0, 0.05) is 0 Å². The van der Waals surface area contributed by atoms with E-state index in [9.17, 15) is 26.7 Å². The molecule has 0 N–H and O–H groups in total. The van der Waals surface area contributed by atoms with Gasteiger partial charge in [0.1, 0.15) is 11.8 Å². The van der Waals surface area contributed by atoms with Crippen LogP contribution in [-0.4, -0.2) is 17.6 Å². The second-order valence-electron chi connectivity index (χ2n) is 3.45. The Balaban J connectivity index is 3.64. The molecule has 0 aliphatic heterocycles. The summed E-state index contributed by atoms with van der Waals surface area (Å²) in [5.74, 6) is -1.37. The molecule has 1 rings (SSSR count). The number of nitrogens with zero attached hydrogens (tertiary/aromatic N) is 2. The summed E-state index contributed by atoms with van der Waals surface area (Å²) in [6.07, 6.45) is -8.81. The second kappa shape index (κ2) is 5.81. The van der Waals surface area contributed by atoms with E-state index in [-0.39, 0.29) is 6.61 Å². The van der Waals surface area contributed by atoms with Crippen molar-refractivity contribution >= 4 is 5.97 Å². The molecular weight excluding hydrogens is 287 g/mol. The molecule has 1 aromatic rings. The molecule has 108 valence electrons. The summed E-state index contributed by atoms with van der Waals surface area (Å²) in [5, 5.41) is 8.57. The normalized spacial score (nSPS) is 11.3. The Hall–Kier alpha value is -2.24. The Bertz CT molecular complexity index is 563. The number of hydrogen-bond donors (Lipinski definition) is 0. The molecule has 0 atom stereocenters. The first-order valence-electron chi connectivity index (χ1n) is 5.19. The largest absolute Gasteiger partial charge is 0.462 e. The summed E-state index contributed by atoms with van der Waals surface area (Å²) >= 11 is 0. The van der Waals surface area contributed by atoms with Crippen LogP contribution in [0.2, 0.25) is 0 Å². The van der Waals surface area contributed by atoms with Crippen molar-refractivity contribution in [1.82, 2.24) is 4.98 Å². The zero-order valence-electron chi connectivity index (χ0n) is 9.96. The van der Waals surface area contributed by atoms with Crippen molar-refractivity contribution in [3.8, 4) is 6.07 Å². The first kappa shape index (κ1) is 15.8. The second-order valence-corrected chi connectivity index (χ2v) is 3.45. The molecule has 4 nitrogen and oxygen atoms in total. The Labute approximate surface area is 109 Å². The maximum absolute atomic E-state index is 12.8. The lowest BCUT2D eigenvalue weighted by Crippen LogP contribution is -2.19. The van der Waals surface area contributed by atoms with Gasteiger partial charge in [0.15, 0.2) is 5.69 Å². The highest BCUT2D eigenvalue weighted by Crippen LogP contribution is 2.37. The summed E-state index contributed by atoms with van der Waals surface area (Å²) in [7, 11) is 0. The van der Waals surface area contributed by atoms with E-state index in [4.69, 9.17) is 5.26 Å². The molecule has 0 bridgehead atoms. The molecule has 0 aliphatic rings. The van der Waals surface area contributed by atoms with E-state index in [0.717, 1.165) is 0 Å². The van der Waals surface area contributed by atoms with Crippen LogP contribution >= 0.6 is 0 Å². The Morgan fingerprint density at radius 2 is 2.10 bits per heavy atom. The summed E-state index contributed by atoms with van der Waals surface area (Å²) in [6, 6.07) is 1.83. The lowest BCUT2D eigenvalue weighted by molar-refractivity contribution is -0.143. The van der Waals surface area contributed by atoms with Crippen LogP contribution in [0.15, 0.2) is 6.07 Å². The average molecular weight is 294 g/mol. The van der Waals surface area contributed by atoms with Crippen LogP contribution in [0.5, 0.6) is 0 Å². The lowest BCUT2D eigenvalue weighted by atomic mass is 10.0. The third-order valence-electron chi connectivity index (χ3n) is 2.16. The fourth-order valence-corrected chi connectivity index (χ4v) is 1.43. The topological polar surface area (TPSA) is 63.0 Å². The molecule has 0 unspecified atom stereocenters. The molecule has 1 aromatic heterocycles. The van der Waals surface area contributed by atoms with E-state index in [1.807, 2.05) is 0 Å². The predicted molar refractivity (Wildman–Crippen MR) is 54.9 cm³/mol. The van der Waals surface area contributed by atoms with Crippen molar-refractivity contribution < 1.29 is 31.5 Å². The minimum absolute atomic E-state index is 0.215. The number of rotatable bonds is 3. The first-order chi connectivity index (χ1) is 9.22. The molecular formula is C11H7F5N2O2. The maximum atomic E-state index is 12.8. The zero-order valence-corrected chi connectivity index (χ0v) is 9.96. The van der Waals surface area contributed by atoms with Gasteiger partial charge in [0.25, 0.3) is 6.43 Å². The van der Waals surface area contributed by atoms with Crippen molar-refractivity contribution in [2.75, 3.05) is 6.61 Å². The quantitative estimate of drug-likeness (QED) is 0.635. The lowest BCUT2D eigenvalue weighted by Gasteiger charge is -2.15. The van der Waals surface area contributed by atoms with E-state index in [1.165, 1.54) is 13.0 Å². The van der Waals surface area contributed by atoms with Crippen LogP contribution in [0.1, 0.15) is 40.7 Å². The smallest absolute Gasteiger partial charge is 0.433 e. The Morgan fingerprint density at radius 3 is 2.50 bits per heavy atom. The molecule has 20 heavy (non-hydrogen) atoms. The van der Waals surface area contributed by atoms with Gasteiger partial charge in [-0.2, -0.15) is 18.4 Å². The maximum Gasteiger partial charge on any atom is 0.433 e. The molecule has 0 spiro atoms. The number of carbonyl (C=O) groups excluding carboxylic acids is 1. The van der Waals surface area contributed by atoms with Gasteiger partial charge in [-0.05, 0) is 13.0 Å². The molecule has 0 saturated heterocycles. The van der Waals surface area contributed by atoms with E-state index < -0.39 is 41.1 Å². The van der Waals surface area contributed by atoms with E-state index in [2.05, 4.69) is 9.72 Å². The van der Waals surface area contributed by atoms with Crippen molar-refractivity contribution in [3.05, 3.63) is 28.6 Å². The fraction of sp³-hybridized carbons (Fsp3) is 0.364. The summed E-state index contributed by atoms with van der Waals surface area (Å²) in [4.78, 5) is 14.3. The molecule has 0 amide bonds. The minimum Gasteiger partial charge on any atom is -0.462 e. The van der Waals surface area contributed by atoms with Gasteiger partial charge in [0.2, 0.25) is 0 Å². The summed E-state index contributed by atoms with van der Waals surface area (Å²) < 4.78 is 68.1. The van der Waals surface area contributed by atoms with Crippen molar-refractivity contribution in [2.24, 2.45) is 0 Å². The molecule has 0 saturated carbocycles. The van der Waals surface area contributed by atoms with Crippen LogP contribution in [0.4, 0.5) is 22.0 Å². The number of ether oxygens (including phenoxy) is 1. The summed E-state index contributed by atoms with van der Waals surface area (Å²) in [5.41, 5.74) is -5.37. The first-order valence-corrected chi connectivity index (χ1v) is 5.19. The van der Waals surface area contributed by atoms with Crippen molar-refractivity contribution in [3.63, 3.8) is 0 Å². The van der Waals surface area contributed by atoms with Crippen molar-refractivity contribution in [2.45, 2.75) is 19.5 Å². The van der Waals surface area contributed by atoms with E-state index in [0.29, 0.717) is 6.07 Å². The van der Waals surface area contributed by atoms with Crippen LogP contribution in [0.3, 0.4) is 0 Å². The number of nitriles is 1. The van der Waals surface area contributed by atoms with Gasteiger partial charge >= 0.3 is 12.1 Å². The van der Waals surface area contributed by atoms with Crippen LogP contribution < -0.4 is 0 Å². The number of alkyl halides is 5. The third kappa shape index (κ3) is 3.20.